The number of para-hydroxylation sites is 2. The van der Waals surface area contributed by atoms with Gasteiger partial charge in [-0.3, -0.25) is 0 Å². The van der Waals surface area contributed by atoms with Crippen molar-refractivity contribution in [2.45, 2.75) is 0 Å². The van der Waals surface area contributed by atoms with Crippen molar-refractivity contribution in [1.29, 1.82) is 0 Å². The van der Waals surface area contributed by atoms with E-state index in [0.717, 1.165) is 43.7 Å². The third-order valence-electron chi connectivity index (χ3n) is 9.03. The summed E-state index contributed by atoms with van der Waals surface area (Å²) in [7, 11) is 0. The molecule has 0 amide bonds. The van der Waals surface area contributed by atoms with E-state index in [1.165, 1.54) is 48.4 Å². The molecule has 3 heterocycles. The van der Waals surface area contributed by atoms with Gasteiger partial charge < -0.3 is 8.98 Å². The standard InChI is InChI=1S/C41H24N2OS/c1-2-8-29-24-35-33(23-28(29)7-1)31-9-3-5-11-34(31)43(35)30-19-17-26(18-20-30)25-13-15-27(16-14-25)41-42-40-38(45-41)22-21-37-39(40)32-10-4-6-12-36(32)44-37/h1-24H. The molecule has 0 aliphatic heterocycles. The Morgan fingerprint density at radius 3 is 2.00 bits per heavy atom. The van der Waals surface area contributed by atoms with Crippen LogP contribution in [-0.4, -0.2) is 9.55 Å². The van der Waals surface area contributed by atoms with Crippen LogP contribution in [0.2, 0.25) is 0 Å². The molecule has 0 saturated carbocycles. The molecule has 45 heavy (non-hydrogen) atoms. The second-order valence-corrected chi connectivity index (χ2v) is 12.6. The summed E-state index contributed by atoms with van der Waals surface area (Å²) in [6.07, 6.45) is 0. The molecule has 0 N–H and O–H groups in total. The van der Waals surface area contributed by atoms with Crippen LogP contribution in [0.4, 0.5) is 0 Å². The van der Waals surface area contributed by atoms with Gasteiger partial charge in [0.25, 0.3) is 0 Å². The van der Waals surface area contributed by atoms with Crippen LogP contribution < -0.4 is 0 Å². The van der Waals surface area contributed by atoms with E-state index >= 15 is 0 Å². The number of rotatable bonds is 3. The predicted molar refractivity (Wildman–Crippen MR) is 190 cm³/mol. The van der Waals surface area contributed by atoms with Gasteiger partial charge in [0.15, 0.2) is 0 Å². The van der Waals surface area contributed by atoms with Crippen molar-refractivity contribution >= 4 is 76.1 Å². The molecule has 0 saturated heterocycles. The summed E-state index contributed by atoms with van der Waals surface area (Å²) in [5.74, 6) is 0. The van der Waals surface area contributed by atoms with Crippen molar-refractivity contribution in [2.75, 3.05) is 0 Å². The third kappa shape index (κ3) is 3.73. The van der Waals surface area contributed by atoms with Crippen molar-refractivity contribution in [2.24, 2.45) is 0 Å². The van der Waals surface area contributed by atoms with Gasteiger partial charge >= 0.3 is 0 Å². The molecule has 10 aromatic rings. The molecule has 210 valence electrons. The van der Waals surface area contributed by atoms with E-state index < -0.39 is 0 Å². The SMILES string of the molecule is c1ccc2cc3c(cc2c1)c1ccccc1n3-c1ccc(-c2ccc(-c3nc4c(ccc5oc6ccccc6c54)s3)cc2)cc1. The number of nitrogens with zero attached hydrogens (tertiary/aromatic N) is 2. The van der Waals surface area contributed by atoms with Gasteiger partial charge in [-0.1, -0.05) is 97.1 Å². The lowest BCUT2D eigenvalue weighted by Gasteiger charge is -2.10. The molecule has 0 fully saturated rings. The normalized spacial score (nSPS) is 12.0. The van der Waals surface area contributed by atoms with E-state index in [9.17, 15) is 0 Å². The van der Waals surface area contributed by atoms with E-state index in [1.54, 1.807) is 11.3 Å². The minimum atomic E-state index is 0.883. The van der Waals surface area contributed by atoms with Crippen LogP contribution in [0.3, 0.4) is 0 Å². The van der Waals surface area contributed by atoms with Crippen molar-refractivity contribution < 1.29 is 4.42 Å². The second-order valence-electron chi connectivity index (χ2n) is 11.6. The molecule has 0 aliphatic rings. The Hall–Kier alpha value is -5.71. The minimum absolute atomic E-state index is 0.883. The summed E-state index contributed by atoms with van der Waals surface area (Å²) in [5.41, 5.74) is 9.88. The maximum atomic E-state index is 6.09. The molecule has 3 aromatic heterocycles. The van der Waals surface area contributed by atoms with Gasteiger partial charge in [0.1, 0.15) is 16.2 Å². The molecule has 0 unspecified atom stereocenters. The monoisotopic (exact) mass is 592 g/mol. The first-order chi connectivity index (χ1) is 22.3. The number of furan rings is 1. The topological polar surface area (TPSA) is 31.0 Å². The molecular weight excluding hydrogens is 569 g/mol. The van der Waals surface area contributed by atoms with E-state index in [0.29, 0.717) is 0 Å². The molecule has 0 spiro atoms. The Bertz CT molecular complexity index is 2750. The van der Waals surface area contributed by atoms with Crippen LogP contribution in [0, 0.1) is 0 Å². The molecular formula is C41H24N2OS. The van der Waals surface area contributed by atoms with Gasteiger partial charge in [-0.15, -0.1) is 11.3 Å². The van der Waals surface area contributed by atoms with E-state index in [-0.39, 0.29) is 0 Å². The van der Waals surface area contributed by atoms with Crippen molar-refractivity contribution in [3.8, 4) is 27.4 Å². The first-order valence-electron chi connectivity index (χ1n) is 15.1. The van der Waals surface area contributed by atoms with Crippen molar-refractivity contribution in [1.82, 2.24) is 9.55 Å². The molecule has 0 bridgehead atoms. The maximum absolute atomic E-state index is 6.09. The number of thiazole rings is 1. The summed E-state index contributed by atoms with van der Waals surface area (Å²) >= 11 is 1.73. The Kier molecular flexibility index (Phi) is 5.16. The second kappa shape index (κ2) is 9.39. The zero-order chi connectivity index (χ0) is 29.5. The maximum Gasteiger partial charge on any atom is 0.137 e. The fraction of sp³-hybridized carbons (Fsp3) is 0. The summed E-state index contributed by atoms with van der Waals surface area (Å²) in [5, 5.41) is 8.29. The smallest absolute Gasteiger partial charge is 0.137 e. The third-order valence-corrected chi connectivity index (χ3v) is 10.1. The summed E-state index contributed by atoms with van der Waals surface area (Å²) in [4.78, 5) is 5.10. The van der Waals surface area contributed by atoms with E-state index in [2.05, 4.69) is 138 Å². The quantitative estimate of drug-likeness (QED) is 0.204. The molecule has 4 heteroatoms. The van der Waals surface area contributed by atoms with Gasteiger partial charge in [0.05, 0.1) is 26.6 Å². The molecule has 0 aliphatic carbocycles. The highest BCUT2D eigenvalue weighted by molar-refractivity contribution is 7.21. The number of hydrogen-bond donors (Lipinski definition) is 0. The van der Waals surface area contributed by atoms with Crippen LogP contribution in [0.25, 0.3) is 92.1 Å². The summed E-state index contributed by atoms with van der Waals surface area (Å²) in [6.45, 7) is 0. The van der Waals surface area contributed by atoms with E-state index in [4.69, 9.17) is 9.40 Å². The largest absolute Gasteiger partial charge is 0.456 e. The molecule has 0 atom stereocenters. The lowest BCUT2D eigenvalue weighted by atomic mass is 10.0. The minimum Gasteiger partial charge on any atom is -0.456 e. The predicted octanol–water partition coefficient (Wildman–Crippen LogP) is 11.8. The number of benzene rings is 7. The zero-order valence-electron chi connectivity index (χ0n) is 24.1. The van der Waals surface area contributed by atoms with Crippen molar-refractivity contribution in [3.05, 3.63) is 146 Å². The van der Waals surface area contributed by atoms with Gasteiger partial charge in [-0.2, -0.15) is 0 Å². The molecule has 10 rings (SSSR count). The van der Waals surface area contributed by atoms with Gasteiger partial charge in [0.2, 0.25) is 0 Å². The number of fused-ring (bicyclic) bond motifs is 9. The van der Waals surface area contributed by atoms with Crippen LogP contribution in [0.5, 0.6) is 0 Å². The van der Waals surface area contributed by atoms with Gasteiger partial charge in [-0.25, -0.2) is 4.98 Å². The van der Waals surface area contributed by atoms with Crippen LogP contribution in [0.15, 0.2) is 150 Å². The van der Waals surface area contributed by atoms with Crippen molar-refractivity contribution in [3.63, 3.8) is 0 Å². The number of hydrogen-bond acceptors (Lipinski definition) is 3. The fourth-order valence-corrected chi connectivity index (χ4v) is 7.85. The van der Waals surface area contributed by atoms with Gasteiger partial charge in [0, 0.05) is 27.4 Å². The average molecular weight is 593 g/mol. The Morgan fingerprint density at radius 1 is 0.511 bits per heavy atom. The molecule has 3 nitrogen and oxygen atoms in total. The average Bonchev–Trinajstić information content (AvgIpc) is 3.79. The van der Waals surface area contributed by atoms with E-state index in [1.807, 2.05) is 12.1 Å². The Morgan fingerprint density at radius 2 is 1.18 bits per heavy atom. The lowest BCUT2D eigenvalue weighted by molar-refractivity contribution is 0.669. The number of aromatic nitrogens is 2. The Balaban J connectivity index is 1.02. The summed E-state index contributed by atoms with van der Waals surface area (Å²) < 4.78 is 9.65. The van der Waals surface area contributed by atoms with Crippen LogP contribution in [-0.2, 0) is 0 Å². The summed E-state index contributed by atoms with van der Waals surface area (Å²) in [6, 6.07) is 52.0. The van der Waals surface area contributed by atoms with Crippen LogP contribution >= 0.6 is 11.3 Å². The van der Waals surface area contributed by atoms with Gasteiger partial charge in [-0.05, 0) is 70.4 Å². The highest BCUT2D eigenvalue weighted by atomic mass is 32.1. The highest BCUT2D eigenvalue weighted by Gasteiger charge is 2.16. The van der Waals surface area contributed by atoms with Crippen LogP contribution in [0.1, 0.15) is 0 Å². The molecule has 0 radical (unpaired) electrons. The highest BCUT2D eigenvalue weighted by Crippen LogP contribution is 2.39. The fourth-order valence-electron chi connectivity index (χ4n) is 6.87. The first-order valence-corrected chi connectivity index (χ1v) is 15.9. The first kappa shape index (κ1) is 24.7. The lowest BCUT2D eigenvalue weighted by Crippen LogP contribution is -1.93. The zero-order valence-corrected chi connectivity index (χ0v) is 24.9. The Labute approximate surface area is 262 Å². The molecule has 7 aromatic carbocycles.